The van der Waals surface area contributed by atoms with Crippen molar-refractivity contribution in [2.45, 2.75) is 19.4 Å². The zero-order chi connectivity index (χ0) is 19.9. The molecule has 0 saturated carbocycles. The molecule has 0 radical (unpaired) electrons. The molecule has 0 aliphatic carbocycles. The van der Waals surface area contributed by atoms with E-state index in [0.717, 1.165) is 5.56 Å². The molecule has 28 heavy (non-hydrogen) atoms. The quantitative estimate of drug-likeness (QED) is 0.599. The van der Waals surface area contributed by atoms with Crippen molar-refractivity contribution in [1.82, 2.24) is 4.98 Å². The van der Waals surface area contributed by atoms with Crippen LogP contribution >= 0.6 is 11.3 Å². The van der Waals surface area contributed by atoms with Crippen LogP contribution in [0.15, 0.2) is 53.9 Å². The summed E-state index contributed by atoms with van der Waals surface area (Å²) in [6.45, 7) is 1.90. The van der Waals surface area contributed by atoms with Gasteiger partial charge in [0, 0.05) is 10.9 Å². The van der Waals surface area contributed by atoms with E-state index in [4.69, 9.17) is 14.2 Å². The largest absolute Gasteiger partial charge is 0.497 e. The Bertz CT molecular complexity index is 927. The highest BCUT2D eigenvalue weighted by atomic mass is 32.1. The molecule has 0 spiro atoms. The molecule has 1 heterocycles. The second-order valence-corrected chi connectivity index (χ2v) is 6.78. The Kier molecular flexibility index (Phi) is 6.49. The van der Waals surface area contributed by atoms with Crippen LogP contribution in [0.25, 0.3) is 11.3 Å². The molecule has 1 N–H and O–H groups in total. The second kappa shape index (κ2) is 9.23. The number of amides is 1. The molecular formula is C21H22N2O4S. The summed E-state index contributed by atoms with van der Waals surface area (Å²) in [6.07, 6.45) is -0.0519. The maximum absolute atomic E-state index is 12.6. The molecule has 2 aromatic carbocycles. The molecule has 146 valence electrons. The maximum atomic E-state index is 12.6. The summed E-state index contributed by atoms with van der Waals surface area (Å²) in [5.74, 6) is 1.81. The van der Waals surface area contributed by atoms with Gasteiger partial charge in [-0.3, -0.25) is 10.1 Å². The predicted octanol–water partition coefficient (Wildman–Crippen LogP) is 4.62. The number of hydrogen-bond donors (Lipinski definition) is 1. The highest BCUT2D eigenvalue weighted by Gasteiger charge is 2.20. The molecule has 1 aromatic heterocycles. The number of aromatic nitrogens is 1. The van der Waals surface area contributed by atoms with E-state index in [1.807, 2.05) is 60.8 Å². The molecule has 0 aliphatic rings. The first kappa shape index (κ1) is 19.7. The SMILES string of the molecule is CC[C@@H](Oc1ccccc1)C(=O)Nc1nc(-c2cc(OC)ccc2OC)cs1. The minimum atomic E-state index is -0.596. The van der Waals surface area contributed by atoms with E-state index in [0.29, 0.717) is 34.5 Å². The van der Waals surface area contributed by atoms with Crippen LogP contribution in [-0.4, -0.2) is 31.2 Å². The Morgan fingerprint density at radius 1 is 1.11 bits per heavy atom. The molecule has 1 amide bonds. The fourth-order valence-corrected chi connectivity index (χ4v) is 3.35. The molecule has 3 rings (SSSR count). The van der Waals surface area contributed by atoms with E-state index in [1.165, 1.54) is 11.3 Å². The van der Waals surface area contributed by atoms with Gasteiger partial charge in [-0.05, 0) is 36.8 Å². The molecule has 0 unspecified atom stereocenters. The van der Waals surface area contributed by atoms with Crippen molar-refractivity contribution in [3.05, 3.63) is 53.9 Å². The van der Waals surface area contributed by atoms with Crippen LogP contribution in [0, 0.1) is 0 Å². The monoisotopic (exact) mass is 398 g/mol. The standard InChI is InChI=1S/C21H22N2O4S/c1-4-18(27-14-8-6-5-7-9-14)20(24)23-21-22-17(13-28-21)16-12-15(25-2)10-11-19(16)26-3/h5-13,18H,4H2,1-3H3,(H,22,23,24)/t18-/m1/s1. The summed E-state index contributed by atoms with van der Waals surface area (Å²) in [5, 5.41) is 5.21. The summed E-state index contributed by atoms with van der Waals surface area (Å²) < 4.78 is 16.5. The average Bonchev–Trinajstić information content (AvgIpc) is 3.20. The number of nitrogens with one attached hydrogen (secondary N) is 1. The third-order valence-electron chi connectivity index (χ3n) is 4.10. The van der Waals surface area contributed by atoms with Gasteiger partial charge in [0.2, 0.25) is 0 Å². The summed E-state index contributed by atoms with van der Waals surface area (Å²) in [4.78, 5) is 17.1. The minimum absolute atomic E-state index is 0.232. The summed E-state index contributed by atoms with van der Waals surface area (Å²) >= 11 is 1.34. The van der Waals surface area contributed by atoms with Gasteiger partial charge in [0.05, 0.1) is 19.9 Å². The number of para-hydroxylation sites is 1. The van der Waals surface area contributed by atoms with Crippen molar-refractivity contribution in [2.75, 3.05) is 19.5 Å². The second-order valence-electron chi connectivity index (χ2n) is 5.92. The number of ether oxygens (including phenoxy) is 3. The van der Waals surface area contributed by atoms with E-state index in [-0.39, 0.29) is 5.91 Å². The van der Waals surface area contributed by atoms with E-state index in [9.17, 15) is 4.79 Å². The van der Waals surface area contributed by atoms with E-state index in [1.54, 1.807) is 14.2 Å². The van der Waals surface area contributed by atoms with Crippen molar-refractivity contribution in [1.29, 1.82) is 0 Å². The van der Waals surface area contributed by atoms with E-state index in [2.05, 4.69) is 10.3 Å². The molecule has 6 nitrogen and oxygen atoms in total. The Morgan fingerprint density at radius 2 is 1.89 bits per heavy atom. The van der Waals surface area contributed by atoms with Gasteiger partial charge < -0.3 is 14.2 Å². The Hall–Kier alpha value is -3.06. The molecular weight excluding hydrogens is 376 g/mol. The van der Waals surface area contributed by atoms with Crippen molar-refractivity contribution < 1.29 is 19.0 Å². The van der Waals surface area contributed by atoms with Gasteiger partial charge in [0.15, 0.2) is 11.2 Å². The summed E-state index contributed by atoms with van der Waals surface area (Å²) in [7, 11) is 3.21. The van der Waals surface area contributed by atoms with Crippen LogP contribution in [-0.2, 0) is 4.79 Å². The minimum Gasteiger partial charge on any atom is -0.497 e. The first-order chi connectivity index (χ1) is 13.6. The van der Waals surface area contributed by atoms with Crippen LogP contribution in [0.1, 0.15) is 13.3 Å². The lowest BCUT2D eigenvalue weighted by atomic mass is 10.1. The first-order valence-electron chi connectivity index (χ1n) is 8.85. The van der Waals surface area contributed by atoms with Gasteiger partial charge in [-0.2, -0.15) is 0 Å². The van der Waals surface area contributed by atoms with Gasteiger partial charge in [0.1, 0.15) is 17.2 Å². The smallest absolute Gasteiger partial charge is 0.267 e. The van der Waals surface area contributed by atoms with Crippen LogP contribution in [0.3, 0.4) is 0 Å². The molecule has 0 aliphatic heterocycles. The predicted molar refractivity (Wildman–Crippen MR) is 110 cm³/mol. The van der Waals surface area contributed by atoms with E-state index < -0.39 is 6.10 Å². The fraction of sp³-hybridized carbons (Fsp3) is 0.238. The number of benzene rings is 2. The number of rotatable bonds is 8. The molecule has 0 saturated heterocycles. The number of hydrogen-bond acceptors (Lipinski definition) is 6. The highest BCUT2D eigenvalue weighted by Crippen LogP contribution is 2.35. The topological polar surface area (TPSA) is 69.7 Å². The van der Waals surface area contributed by atoms with Crippen molar-refractivity contribution in [2.24, 2.45) is 0 Å². The van der Waals surface area contributed by atoms with Gasteiger partial charge in [0.25, 0.3) is 5.91 Å². The zero-order valence-corrected chi connectivity index (χ0v) is 16.8. The lowest BCUT2D eigenvalue weighted by molar-refractivity contribution is -0.122. The third-order valence-corrected chi connectivity index (χ3v) is 4.86. The number of carbonyl (C=O) groups is 1. The van der Waals surface area contributed by atoms with Gasteiger partial charge in [-0.15, -0.1) is 11.3 Å². The van der Waals surface area contributed by atoms with Crippen molar-refractivity contribution in [3.63, 3.8) is 0 Å². The normalized spacial score (nSPS) is 11.5. The molecule has 0 fully saturated rings. The van der Waals surface area contributed by atoms with E-state index >= 15 is 0 Å². The van der Waals surface area contributed by atoms with Crippen molar-refractivity contribution >= 4 is 22.4 Å². The average molecular weight is 398 g/mol. The van der Waals surface area contributed by atoms with Gasteiger partial charge in [-0.25, -0.2) is 4.98 Å². The number of nitrogens with zero attached hydrogens (tertiary/aromatic N) is 1. The van der Waals surface area contributed by atoms with Gasteiger partial charge >= 0.3 is 0 Å². The highest BCUT2D eigenvalue weighted by molar-refractivity contribution is 7.14. The summed E-state index contributed by atoms with van der Waals surface area (Å²) in [6, 6.07) is 14.8. The van der Waals surface area contributed by atoms with Crippen molar-refractivity contribution in [3.8, 4) is 28.5 Å². The fourth-order valence-electron chi connectivity index (χ4n) is 2.64. The molecule has 1 atom stereocenters. The summed E-state index contributed by atoms with van der Waals surface area (Å²) in [5.41, 5.74) is 1.50. The Morgan fingerprint density at radius 3 is 2.57 bits per heavy atom. The number of methoxy groups -OCH3 is 2. The van der Waals surface area contributed by atoms with Crippen LogP contribution in [0.4, 0.5) is 5.13 Å². The first-order valence-corrected chi connectivity index (χ1v) is 9.73. The lowest BCUT2D eigenvalue weighted by Crippen LogP contribution is -2.32. The number of anilines is 1. The van der Waals surface area contributed by atoms with Crippen LogP contribution in [0.2, 0.25) is 0 Å². The lowest BCUT2D eigenvalue weighted by Gasteiger charge is -2.16. The Balaban J connectivity index is 1.74. The zero-order valence-electron chi connectivity index (χ0n) is 16.0. The molecule has 3 aromatic rings. The van der Waals surface area contributed by atoms with Gasteiger partial charge in [-0.1, -0.05) is 25.1 Å². The number of thiazole rings is 1. The van der Waals surface area contributed by atoms with Crippen LogP contribution < -0.4 is 19.5 Å². The third kappa shape index (κ3) is 4.61. The Labute approximate surface area is 168 Å². The van der Waals surface area contributed by atoms with Crippen LogP contribution in [0.5, 0.6) is 17.2 Å². The number of carbonyl (C=O) groups excluding carboxylic acids is 1. The molecule has 0 bridgehead atoms. The molecule has 7 heteroatoms. The maximum Gasteiger partial charge on any atom is 0.267 e.